The smallest absolute Gasteiger partial charge is 0.329 e. The highest BCUT2D eigenvalue weighted by atomic mass is 127. The molecule has 0 fully saturated rings. The third-order valence-electron chi connectivity index (χ3n) is 4.83. The number of ether oxygens (including phenoxy) is 3. The quantitative estimate of drug-likeness (QED) is 0.117. The van der Waals surface area contributed by atoms with Gasteiger partial charge in [0.25, 0.3) is 5.91 Å². The van der Waals surface area contributed by atoms with Gasteiger partial charge in [0.15, 0.2) is 18.1 Å². The summed E-state index contributed by atoms with van der Waals surface area (Å²) in [5.74, 6) is -0.981. The van der Waals surface area contributed by atoms with Crippen LogP contribution < -0.4 is 30.3 Å². The molecule has 204 valence electrons. The minimum absolute atomic E-state index is 0.246. The lowest BCUT2D eigenvalue weighted by molar-refractivity contribution is -0.136. The first-order chi connectivity index (χ1) is 18.8. The maximum Gasteiger partial charge on any atom is 0.329 e. The lowest BCUT2D eigenvalue weighted by Crippen LogP contribution is -2.32. The van der Waals surface area contributed by atoms with E-state index in [4.69, 9.17) is 25.8 Å². The second kappa shape index (κ2) is 14.9. The van der Waals surface area contributed by atoms with Gasteiger partial charge in [-0.3, -0.25) is 14.4 Å². The van der Waals surface area contributed by atoms with E-state index < -0.39 is 11.8 Å². The maximum atomic E-state index is 12.3. The van der Waals surface area contributed by atoms with Crippen LogP contribution in [0.2, 0.25) is 5.02 Å². The van der Waals surface area contributed by atoms with Crippen molar-refractivity contribution in [3.63, 3.8) is 0 Å². The summed E-state index contributed by atoms with van der Waals surface area (Å²) in [5, 5.41) is 9.66. The van der Waals surface area contributed by atoms with Crippen LogP contribution in [0.15, 0.2) is 65.8 Å². The van der Waals surface area contributed by atoms with E-state index in [9.17, 15) is 14.4 Å². The molecule has 3 amide bonds. The number of benzene rings is 3. The van der Waals surface area contributed by atoms with Crippen molar-refractivity contribution in [2.24, 2.45) is 5.10 Å². The number of halogens is 2. The lowest BCUT2D eigenvalue weighted by atomic mass is 10.2. The van der Waals surface area contributed by atoms with Crippen molar-refractivity contribution in [3.8, 4) is 17.2 Å². The van der Waals surface area contributed by atoms with E-state index in [1.807, 2.05) is 36.4 Å². The standard InChI is InChI=1S/C27H26ClIN4O6/c1-3-37-22-8-6-5-7-21(22)32-26(35)27(36)33-30-15-17-13-20(29)25(23(14-17)38-4-2)39-16-24(34)31-19-11-9-18(28)10-12-19/h5-15H,3-4,16H2,1-2H3,(H,31,34)(H,32,35)(H,33,36)/b30-15-. The highest BCUT2D eigenvalue weighted by Gasteiger charge is 2.16. The number of rotatable bonds is 11. The molecule has 12 heteroatoms. The van der Waals surface area contributed by atoms with Gasteiger partial charge in [0, 0.05) is 10.7 Å². The summed E-state index contributed by atoms with van der Waals surface area (Å²) in [4.78, 5) is 36.8. The van der Waals surface area contributed by atoms with Crippen LogP contribution in [0.4, 0.5) is 11.4 Å². The van der Waals surface area contributed by atoms with Crippen LogP contribution in [0.5, 0.6) is 17.2 Å². The Labute approximate surface area is 244 Å². The van der Waals surface area contributed by atoms with Gasteiger partial charge in [0.05, 0.1) is 28.7 Å². The fourth-order valence-electron chi connectivity index (χ4n) is 3.18. The first kappa shape index (κ1) is 29.7. The summed E-state index contributed by atoms with van der Waals surface area (Å²) < 4.78 is 17.5. The summed E-state index contributed by atoms with van der Waals surface area (Å²) in [7, 11) is 0. The SMILES string of the molecule is CCOc1ccccc1NC(=O)C(=O)N/N=C\c1cc(I)c(OCC(=O)Nc2ccc(Cl)cc2)c(OCC)c1. The molecule has 0 aromatic heterocycles. The number of nitrogens with zero attached hydrogens (tertiary/aromatic N) is 1. The minimum atomic E-state index is -0.955. The van der Waals surface area contributed by atoms with Crippen LogP contribution in [-0.4, -0.2) is 43.8 Å². The Bertz CT molecular complexity index is 1350. The van der Waals surface area contributed by atoms with Gasteiger partial charge < -0.3 is 24.8 Å². The minimum Gasteiger partial charge on any atom is -0.492 e. The Morgan fingerprint density at radius 1 is 0.897 bits per heavy atom. The third-order valence-corrected chi connectivity index (χ3v) is 5.88. The van der Waals surface area contributed by atoms with Crippen LogP contribution in [0.25, 0.3) is 0 Å². The van der Waals surface area contributed by atoms with Crippen molar-refractivity contribution in [3.05, 3.63) is 74.8 Å². The largest absolute Gasteiger partial charge is 0.492 e. The maximum absolute atomic E-state index is 12.3. The van der Waals surface area contributed by atoms with Gasteiger partial charge in [-0.1, -0.05) is 23.7 Å². The molecule has 0 spiro atoms. The summed E-state index contributed by atoms with van der Waals surface area (Å²) in [6.07, 6.45) is 1.36. The number of carbonyl (C=O) groups excluding carboxylic acids is 3. The van der Waals surface area contributed by atoms with E-state index in [2.05, 4.69) is 21.2 Å². The first-order valence-corrected chi connectivity index (χ1v) is 13.3. The predicted molar refractivity (Wildman–Crippen MR) is 158 cm³/mol. The van der Waals surface area contributed by atoms with Crippen LogP contribution >= 0.6 is 34.2 Å². The molecule has 0 aliphatic heterocycles. The molecule has 0 aliphatic rings. The molecule has 0 atom stereocenters. The molecule has 10 nitrogen and oxygen atoms in total. The molecule has 0 saturated carbocycles. The van der Waals surface area contributed by atoms with E-state index in [1.54, 1.807) is 60.7 Å². The van der Waals surface area contributed by atoms with E-state index >= 15 is 0 Å². The molecule has 0 saturated heterocycles. The van der Waals surface area contributed by atoms with Crippen molar-refractivity contribution in [1.29, 1.82) is 0 Å². The summed E-state index contributed by atoms with van der Waals surface area (Å²) in [5.41, 5.74) is 3.73. The molecule has 39 heavy (non-hydrogen) atoms. The zero-order chi connectivity index (χ0) is 28.2. The van der Waals surface area contributed by atoms with E-state index in [0.29, 0.717) is 56.0 Å². The average molecular weight is 665 g/mol. The van der Waals surface area contributed by atoms with Crippen molar-refractivity contribution in [2.45, 2.75) is 13.8 Å². The normalized spacial score (nSPS) is 10.6. The van der Waals surface area contributed by atoms with E-state index in [0.717, 1.165) is 0 Å². The highest BCUT2D eigenvalue weighted by Crippen LogP contribution is 2.34. The molecule has 3 aromatic rings. The Kier molecular flexibility index (Phi) is 11.4. The van der Waals surface area contributed by atoms with Crippen molar-refractivity contribution >= 4 is 69.5 Å². The number of amides is 3. The molecule has 0 aliphatic carbocycles. The number of hydrogen-bond acceptors (Lipinski definition) is 7. The first-order valence-electron chi connectivity index (χ1n) is 11.8. The lowest BCUT2D eigenvalue weighted by Gasteiger charge is -2.14. The Balaban J connectivity index is 1.61. The second-order valence-electron chi connectivity index (χ2n) is 7.69. The fraction of sp³-hybridized carbons (Fsp3) is 0.185. The van der Waals surface area contributed by atoms with Gasteiger partial charge in [-0.2, -0.15) is 5.10 Å². The van der Waals surface area contributed by atoms with Crippen molar-refractivity contribution in [2.75, 3.05) is 30.5 Å². The molecular formula is C27H26ClIN4O6. The van der Waals surface area contributed by atoms with Gasteiger partial charge in [0.2, 0.25) is 0 Å². The fourth-order valence-corrected chi connectivity index (χ4v) is 4.09. The van der Waals surface area contributed by atoms with Crippen LogP contribution in [0, 0.1) is 3.57 Å². The third kappa shape index (κ3) is 9.14. The van der Waals surface area contributed by atoms with Gasteiger partial charge in [-0.25, -0.2) is 5.43 Å². The Hall–Kier alpha value is -3.84. The second-order valence-corrected chi connectivity index (χ2v) is 9.29. The number of hydrogen-bond donors (Lipinski definition) is 3. The summed E-state index contributed by atoms with van der Waals surface area (Å²) in [6.45, 7) is 4.14. The van der Waals surface area contributed by atoms with Crippen LogP contribution in [0.3, 0.4) is 0 Å². The molecule has 3 aromatic carbocycles. The molecule has 0 radical (unpaired) electrons. The zero-order valence-corrected chi connectivity index (χ0v) is 24.0. The Morgan fingerprint density at radius 3 is 2.31 bits per heavy atom. The van der Waals surface area contributed by atoms with Crippen LogP contribution in [-0.2, 0) is 14.4 Å². The molecule has 3 N–H and O–H groups in total. The number of nitrogens with one attached hydrogen (secondary N) is 3. The molecular weight excluding hydrogens is 639 g/mol. The number of anilines is 2. The monoisotopic (exact) mass is 664 g/mol. The molecule has 0 bridgehead atoms. The number of carbonyl (C=O) groups is 3. The van der Waals surface area contributed by atoms with Gasteiger partial charge in [-0.15, -0.1) is 0 Å². The van der Waals surface area contributed by atoms with Crippen molar-refractivity contribution < 1.29 is 28.6 Å². The van der Waals surface area contributed by atoms with Gasteiger partial charge >= 0.3 is 11.8 Å². The highest BCUT2D eigenvalue weighted by molar-refractivity contribution is 14.1. The topological polar surface area (TPSA) is 127 Å². The van der Waals surface area contributed by atoms with E-state index in [1.165, 1.54) is 6.21 Å². The molecule has 0 heterocycles. The van der Waals surface area contributed by atoms with Gasteiger partial charge in [0.1, 0.15) is 5.75 Å². The average Bonchev–Trinajstić information content (AvgIpc) is 2.91. The number of para-hydroxylation sites is 2. The molecule has 3 rings (SSSR count). The van der Waals surface area contributed by atoms with Gasteiger partial charge in [-0.05, 0) is 90.5 Å². The molecule has 0 unspecified atom stereocenters. The van der Waals surface area contributed by atoms with E-state index in [-0.39, 0.29) is 12.5 Å². The zero-order valence-electron chi connectivity index (χ0n) is 21.1. The summed E-state index contributed by atoms with van der Waals surface area (Å²) >= 11 is 7.92. The summed E-state index contributed by atoms with van der Waals surface area (Å²) in [6, 6.07) is 16.9. The van der Waals surface area contributed by atoms with Crippen molar-refractivity contribution in [1.82, 2.24) is 5.43 Å². The Morgan fingerprint density at radius 2 is 1.59 bits per heavy atom. The number of hydrazone groups is 1. The predicted octanol–water partition coefficient (Wildman–Crippen LogP) is 4.85. The van der Waals surface area contributed by atoms with Crippen LogP contribution in [0.1, 0.15) is 19.4 Å².